The van der Waals surface area contributed by atoms with E-state index in [2.05, 4.69) is 27.9 Å². The maximum Gasteiger partial charge on any atom is 0.275 e. The zero-order valence-electron chi connectivity index (χ0n) is 10.9. The predicted octanol–water partition coefficient (Wildman–Crippen LogP) is 1.39. The van der Waals surface area contributed by atoms with Crippen LogP contribution in [0.4, 0.5) is 0 Å². The Kier molecular flexibility index (Phi) is 4.66. The largest absolute Gasteiger partial charge is 0.337 e. The average molecular weight is 268 g/mol. The van der Waals surface area contributed by atoms with Crippen molar-refractivity contribution in [1.82, 2.24) is 19.0 Å². The van der Waals surface area contributed by atoms with E-state index in [9.17, 15) is 4.79 Å². The molecule has 0 radical (unpaired) electrons. The summed E-state index contributed by atoms with van der Waals surface area (Å²) in [7, 11) is 0. The Bertz CT molecular complexity index is 379. The standard InChI is InChI=1S/C12H20N4OS/c1-9(2)13-6-10-4-3-5-16(8-10)12(17)11-7-14-18-15-11/h7,9-10,13H,3-6,8H2,1-2H3. The van der Waals surface area contributed by atoms with E-state index in [1.807, 2.05) is 4.90 Å². The predicted molar refractivity (Wildman–Crippen MR) is 71.7 cm³/mol. The lowest BCUT2D eigenvalue weighted by Crippen LogP contribution is -2.43. The summed E-state index contributed by atoms with van der Waals surface area (Å²) in [4.78, 5) is 14.1. The Labute approximate surface area is 112 Å². The number of likely N-dealkylation sites (tertiary alicyclic amines) is 1. The van der Waals surface area contributed by atoms with Crippen molar-refractivity contribution in [2.75, 3.05) is 19.6 Å². The highest BCUT2D eigenvalue weighted by Crippen LogP contribution is 2.17. The van der Waals surface area contributed by atoms with Crippen LogP contribution in [-0.2, 0) is 0 Å². The van der Waals surface area contributed by atoms with E-state index in [4.69, 9.17) is 0 Å². The number of hydrogen-bond acceptors (Lipinski definition) is 5. The number of amides is 1. The number of aromatic nitrogens is 2. The minimum Gasteiger partial charge on any atom is -0.337 e. The topological polar surface area (TPSA) is 58.1 Å². The fourth-order valence-corrected chi connectivity index (χ4v) is 2.65. The number of nitrogens with zero attached hydrogens (tertiary/aromatic N) is 3. The smallest absolute Gasteiger partial charge is 0.275 e. The van der Waals surface area contributed by atoms with E-state index in [1.165, 1.54) is 6.42 Å². The molecule has 0 saturated carbocycles. The van der Waals surface area contributed by atoms with Gasteiger partial charge in [-0.2, -0.15) is 8.75 Å². The van der Waals surface area contributed by atoms with Crippen molar-refractivity contribution in [3.63, 3.8) is 0 Å². The van der Waals surface area contributed by atoms with Gasteiger partial charge in [0.15, 0.2) is 5.69 Å². The molecular formula is C12H20N4OS. The van der Waals surface area contributed by atoms with E-state index >= 15 is 0 Å². The lowest BCUT2D eigenvalue weighted by molar-refractivity contribution is 0.0667. The number of piperidine rings is 1. The van der Waals surface area contributed by atoms with Gasteiger partial charge in [-0.1, -0.05) is 13.8 Å². The maximum absolute atomic E-state index is 12.2. The average Bonchev–Trinajstić information content (AvgIpc) is 2.89. The molecule has 1 N–H and O–H groups in total. The Balaban J connectivity index is 1.88. The first-order valence-corrected chi connectivity index (χ1v) is 7.20. The third-order valence-corrected chi connectivity index (χ3v) is 3.68. The highest BCUT2D eigenvalue weighted by molar-refractivity contribution is 6.99. The summed E-state index contributed by atoms with van der Waals surface area (Å²) in [5.41, 5.74) is 0.484. The first-order chi connectivity index (χ1) is 8.66. The number of hydrogen-bond donors (Lipinski definition) is 1. The van der Waals surface area contributed by atoms with Gasteiger partial charge >= 0.3 is 0 Å². The summed E-state index contributed by atoms with van der Waals surface area (Å²) < 4.78 is 7.90. The van der Waals surface area contributed by atoms with Crippen molar-refractivity contribution >= 4 is 17.6 Å². The van der Waals surface area contributed by atoms with Gasteiger partial charge < -0.3 is 10.2 Å². The van der Waals surface area contributed by atoms with Crippen molar-refractivity contribution in [2.24, 2.45) is 5.92 Å². The Hall–Kier alpha value is -1.01. The summed E-state index contributed by atoms with van der Waals surface area (Å²) in [6.07, 6.45) is 3.83. The normalized spacial score (nSPS) is 20.4. The van der Waals surface area contributed by atoms with Crippen LogP contribution in [0.2, 0.25) is 0 Å². The first-order valence-electron chi connectivity index (χ1n) is 6.47. The van der Waals surface area contributed by atoms with Crippen molar-refractivity contribution < 1.29 is 4.79 Å². The SMILES string of the molecule is CC(C)NCC1CCCN(C(=O)c2cnsn2)C1. The van der Waals surface area contributed by atoms with Gasteiger partial charge in [0.2, 0.25) is 0 Å². The van der Waals surface area contributed by atoms with E-state index in [0.29, 0.717) is 17.7 Å². The molecule has 1 fully saturated rings. The summed E-state index contributed by atoms with van der Waals surface area (Å²) in [6, 6.07) is 0.499. The minimum atomic E-state index is 0.0259. The van der Waals surface area contributed by atoms with Crippen LogP contribution in [0.1, 0.15) is 37.2 Å². The number of nitrogens with one attached hydrogen (secondary N) is 1. The number of carbonyl (C=O) groups excluding carboxylic acids is 1. The molecule has 2 heterocycles. The Morgan fingerprint density at radius 2 is 2.50 bits per heavy atom. The molecular weight excluding hydrogens is 248 g/mol. The van der Waals surface area contributed by atoms with Gasteiger partial charge in [-0.25, -0.2) is 0 Å². The van der Waals surface area contributed by atoms with Crippen LogP contribution in [0.25, 0.3) is 0 Å². The van der Waals surface area contributed by atoms with Gasteiger partial charge in [-0.15, -0.1) is 0 Å². The zero-order valence-corrected chi connectivity index (χ0v) is 11.7. The molecule has 100 valence electrons. The molecule has 0 spiro atoms. The third-order valence-electron chi connectivity index (χ3n) is 3.20. The number of rotatable bonds is 4. The molecule has 1 atom stereocenters. The maximum atomic E-state index is 12.2. The van der Waals surface area contributed by atoms with Crippen LogP contribution in [0.15, 0.2) is 6.20 Å². The highest BCUT2D eigenvalue weighted by atomic mass is 32.1. The van der Waals surface area contributed by atoms with Crippen LogP contribution < -0.4 is 5.32 Å². The summed E-state index contributed by atoms with van der Waals surface area (Å²) >= 11 is 1.09. The van der Waals surface area contributed by atoms with Gasteiger partial charge in [-0.3, -0.25) is 4.79 Å². The molecule has 1 aliphatic rings. The first kappa shape index (κ1) is 13.4. The molecule has 5 nitrogen and oxygen atoms in total. The molecule has 1 aromatic rings. The van der Waals surface area contributed by atoms with Gasteiger partial charge in [0.1, 0.15) is 0 Å². The lowest BCUT2D eigenvalue weighted by atomic mass is 9.97. The third kappa shape index (κ3) is 3.49. The molecule has 2 rings (SSSR count). The van der Waals surface area contributed by atoms with Crippen LogP contribution in [-0.4, -0.2) is 45.2 Å². The molecule has 1 amide bonds. The van der Waals surface area contributed by atoms with Crippen molar-refractivity contribution in [3.05, 3.63) is 11.9 Å². The van der Waals surface area contributed by atoms with Gasteiger partial charge in [0, 0.05) is 19.1 Å². The second-order valence-corrected chi connectivity index (χ2v) is 5.67. The van der Waals surface area contributed by atoms with E-state index in [-0.39, 0.29) is 5.91 Å². The van der Waals surface area contributed by atoms with Gasteiger partial charge in [-0.05, 0) is 25.3 Å². The molecule has 1 unspecified atom stereocenters. The van der Waals surface area contributed by atoms with Crippen LogP contribution in [0.3, 0.4) is 0 Å². The van der Waals surface area contributed by atoms with Crippen LogP contribution in [0, 0.1) is 5.92 Å². The van der Waals surface area contributed by atoms with Gasteiger partial charge in [0.25, 0.3) is 5.91 Å². The van der Waals surface area contributed by atoms with Gasteiger partial charge in [0.05, 0.1) is 17.9 Å². The summed E-state index contributed by atoms with van der Waals surface area (Å²) in [5, 5.41) is 3.45. The van der Waals surface area contributed by atoms with Crippen LogP contribution >= 0.6 is 11.7 Å². The van der Waals surface area contributed by atoms with E-state index < -0.39 is 0 Å². The van der Waals surface area contributed by atoms with Crippen molar-refractivity contribution in [1.29, 1.82) is 0 Å². The molecule has 0 aliphatic carbocycles. The molecule has 6 heteroatoms. The van der Waals surface area contributed by atoms with Crippen molar-refractivity contribution in [3.8, 4) is 0 Å². The molecule has 1 aliphatic heterocycles. The lowest BCUT2D eigenvalue weighted by Gasteiger charge is -2.32. The number of carbonyl (C=O) groups is 1. The fraction of sp³-hybridized carbons (Fsp3) is 0.750. The monoisotopic (exact) mass is 268 g/mol. The minimum absolute atomic E-state index is 0.0259. The summed E-state index contributed by atoms with van der Waals surface area (Å²) in [5.74, 6) is 0.578. The Morgan fingerprint density at radius 1 is 1.67 bits per heavy atom. The van der Waals surface area contributed by atoms with Crippen molar-refractivity contribution in [2.45, 2.75) is 32.7 Å². The molecule has 0 bridgehead atoms. The Morgan fingerprint density at radius 3 is 3.17 bits per heavy atom. The van der Waals surface area contributed by atoms with E-state index in [0.717, 1.165) is 37.8 Å². The zero-order chi connectivity index (χ0) is 13.0. The summed E-state index contributed by atoms with van der Waals surface area (Å²) in [6.45, 7) is 6.95. The highest BCUT2D eigenvalue weighted by Gasteiger charge is 2.25. The van der Waals surface area contributed by atoms with Crippen LogP contribution in [0.5, 0.6) is 0 Å². The van der Waals surface area contributed by atoms with E-state index in [1.54, 1.807) is 6.20 Å². The fourth-order valence-electron chi connectivity index (χ4n) is 2.24. The molecule has 18 heavy (non-hydrogen) atoms. The molecule has 1 saturated heterocycles. The second-order valence-electron chi connectivity index (χ2n) is 5.12. The molecule has 1 aromatic heterocycles. The molecule has 0 aromatic carbocycles. The second kappa shape index (κ2) is 6.24. The quantitative estimate of drug-likeness (QED) is 0.896.